The molecule has 0 saturated carbocycles. The van der Waals surface area contributed by atoms with Crippen LogP contribution in [0.25, 0.3) is 11.3 Å². The number of likely N-dealkylation sites (tertiary alicyclic amines) is 1. The van der Waals surface area contributed by atoms with Gasteiger partial charge in [0, 0.05) is 25.3 Å². The number of pyridine rings is 1. The summed E-state index contributed by atoms with van der Waals surface area (Å²) in [5, 5.41) is 9.55. The minimum Gasteiger partial charge on any atom is -0.381 e. The first-order valence-corrected chi connectivity index (χ1v) is 10.4. The van der Waals surface area contributed by atoms with Crippen molar-refractivity contribution in [3.8, 4) is 17.3 Å². The van der Waals surface area contributed by atoms with Gasteiger partial charge in [-0.2, -0.15) is 18.4 Å². The summed E-state index contributed by atoms with van der Waals surface area (Å²) in [6.07, 6.45) is -5.37. The van der Waals surface area contributed by atoms with Crippen LogP contribution >= 0.6 is 0 Å². The molecular weight excluding hydrogens is 445 g/mol. The number of nitrogens with zero attached hydrogens (tertiary/aromatic N) is 3. The van der Waals surface area contributed by atoms with Crippen molar-refractivity contribution >= 4 is 5.91 Å². The molecule has 2 aliphatic rings. The molecule has 0 aliphatic carbocycles. The van der Waals surface area contributed by atoms with E-state index in [0.29, 0.717) is 39.1 Å². The second-order valence-corrected chi connectivity index (χ2v) is 8.40. The molecule has 0 radical (unpaired) electrons. The molecule has 5 nitrogen and oxygen atoms in total. The summed E-state index contributed by atoms with van der Waals surface area (Å²) in [5.41, 5.74) is -2.35. The van der Waals surface area contributed by atoms with Crippen molar-refractivity contribution in [1.29, 1.82) is 5.26 Å². The van der Waals surface area contributed by atoms with E-state index in [4.69, 9.17) is 4.74 Å². The van der Waals surface area contributed by atoms with Gasteiger partial charge in [0.15, 0.2) is 0 Å². The van der Waals surface area contributed by atoms with Crippen molar-refractivity contribution in [2.45, 2.75) is 31.9 Å². The number of hydrogen-bond acceptors (Lipinski definition) is 4. The molecule has 0 unspecified atom stereocenters. The molecule has 2 aromatic rings. The third kappa shape index (κ3) is 4.55. The van der Waals surface area contributed by atoms with Crippen LogP contribution < -0.4 is 0 Å². The summed E-state index contributed by atoms with van der Waals surface area (Å²) in [6.45, 7) is 2.06. The zero-order valence-corrected chi connectivity index (χ0v) is 17.5. The van der Waals surface area contributed by atoms with Crippen molar-refractivity contribution in [3.63, 3.8) is 0 Å². The lowest BCUT2D eigenvalue weighted by Crippen LogP contribution is -2.43. The first-order chi connectivity index (χ1) is 15.6. The number of hydrogen-bond donors (Lipinski definition) is 0. The highest BCUT2D eigenvalue weighted by Crippen LogP contribution is 2.40. The number of aromatic nitrogens is 1. The number of alkyl halides is 5. The number of nitriles is 1. The van der Waals surface area contributed by atoms with Gasteiger partial charge in [-0.05, 0) is 42.9 Å². The number of ether oxygens (including phenoxy) is 1. The largest absolute Gasteiger partial charge is 0.416 e. The Labute approximate surface area is 186 Å². The zero-order chi connectivity index (χ0) is 23.8. The summed E-state index contributed by atoms with van der Waals surface area (Å²) in [4.78, 5) is 18.4. The predicted molar refractivity (Wildman–Crippen MR) is 107 cm³/mol. The van der Waals surface area contributed by atoms with Gasteiger partial charge in [-0.25, -0.2) is 13.8 Å². The minimum absolute atomic E-state index is 0.0187. The second-order valence-electron chi connectivity index (χ2n) is 8.40. The van der Waals surface area contributed by atoms with E-state index in [9.17, 15) is 32.0 Å². The van der Waals surface area contributed by atoms with Crippen molar-refractivity contribution in [1.82, 2.24) is 9.88 Å². The first-order valence-electron chi connectivity index (χ1n) is 10.4. The van der Waals surface area contributed by atoms with Crippen LogP contribution in [0.1, 0.15) is 52.9 Å². The summed E-state index contributed by atoms with van der Waals surface area (Å²) in [5.74, 6) is -0.637. The van der Waals surface area contributed by atoms with E-state index < -0.39 is 29.8 Å². The second kappa shape index (κ2) is 8.71. The average molecular weight is 465 g/mol. The van der Waals surface area contributed by atoms with E-state index in [1.807, 2.05) is 6.07 Å². The number of carbonyl (C=O) groups is 1. The smallest absolute Gasteiger partial charge is 0.381 e. The Balaban J connectivity index is 1.66. The van der Waals surface area contributed by atoms with E-state index in [0.717, 1.165) is 36.8 Å². The van der Waals surface area contributed by atoms with Crippen LogP contribution in [0, 0.1) is 16.7 Å². The van der Waals surface area contributed by atoms with E-state index in [1.54, 1.807) is 0 Å². The number of carbonyl (C=O) groups excluding carboxylic acids is 1. The Morgan fingerprint density at radius 1 is 1.15 bits per heavy atom. The van der Waals surface area contributed by atoms with Crippen LogP contribution in [0.15, 0.2) is 30.3 Å². The summed E-state index contributed by atoms with van der Waals surface area (Å²) < 4.78 is 71.7. The van der Waals surface area contributed by atoms with Crippen LogP contribution in [0.3, 0.4) is 0 Å². The fraction of sp³-hybridized carbons (Fsp3) is 0.435. The number of benzene rings is 1. The third-order valence-corrected chi connectivity index (χ3v) is 6.39. The normalized spacial score (nSPS) is 18.0. The molecule has 2 saturated heterocycles. The maximum absolute atomic E-state index is 13.9. The monoisotopic (exact) mass is 465 g/mol. The maximum atomic E-state index is 13.9. The lowest BCUT2D eigenvalue weighted by molar-refractivity contribution is -0.137. The molecule has 1 aromatic heterocycles. The van der Waals surface area contributed by atoms with Crippen LogP contribution in [0.4, 0.5) is 22.0 Å². The zero-order valence-electron chi connectivity index (χ0n) is 17.5. The molecule has 10 heteroatoms. The van der Waals surface area contributed by atoms with Crippen molar-refractivity contribution in [3.05, 3.63) is 52.7 Å². The Morgan fingerprint density at radius 3 is 2.33 bits per heavy atom. The Morgan fingerprint density at radius 2 is 1.82 bits per heavy atom. The molecule has 2 aliphatic heterocycles. The predicted octanol–water partition coefficient (Wildman–Crippen LogP) is 5.22. The van der Waals surface area contributed by atoms with Gasteiger partial charge in [0.05, 0.1) is 29.0 Å². The van der Waals surface area contributed by atoms with Gasteiger partial charge in [0.25, 0.3) is 12.3 Å². The fourth-order valence-corrected chi connectivity index (χ4v) is 4.39. The molecule has 1 amide bonds. The van der Waals surface area contributed by atoms with Crippen molar-refractivity contribution in [2.24, 2.45) is 5.41 Å². The number of halogens is 5. The lowest BCUT2D eigenvalue weighted by atomic mass is 9.78. The summed E-state index contributed by atoms with van der Waals surface area (Å²) in [7, 11) is 0. The highest BCUT2D eigenvalue weighted by Gasteiger charge is 2.40. The average Bonchev–Trinajstić information content (AvgIpc) is 3.25. The van der Waals surface area contributed by atoms with E-state index >= 15 is 0 Å². The number of piperidine rings is 1. The molecule has 0 atom stereocenters. The maximum Gasteiger partial charge on any atom is 0.416 e. The SMILES string of the molecule is N#Cc1cc(C(=O)N2CCC3(CCOC3)CC2)c(C(F)F)nc1-c1ccc(C(F)(F)F)cc1. The first kappa shape index (κ1) is 23.1. The van der Waals surface area contributed by atoms with Crippen LogP contribution in [0.5, 0.6) is 0 Å². The number of rotatable bonds is 3. The third-order valence-electron chi connectivity index (χ3n) is 6.39. The Hall–Kier alpha value is -3.06. The van der Waals surface area contributed by atoms with E-state index in [2.05, 4.69) is 4.98 Å². The molecule has 3 heterocycles. The Kier molecular flexibility index (Phi) is 6.10. The lowest BCUT2D eigenvalue weighted by Gasteiger charge is -2.38. The molecule has 2 fully saturated rings. The quantitative estimate of drug-likeness (QED) is 0.583. The fourth-order valence-electron chi connectivity index (χ4n) is 4.39. The van der Waals surface area contributed by atoms with E-state index in [-0.39, 0.29) is 27.8 Å². The minimum atomic E-state index is -4.56. The highest BCUT2D eigenvalue weighted by molar-refractivity contribution is 5.96. The number of amides is 1. The van der Waals surface area contributed by atoms with Gasteiger partial charge in [-0.15, -0.1) is 0 Å². The van der Waals surface area contributed by atoms with Gasteiger partial charge in [-0.1, -0.05) is 12.1 Å². The van der Waals surface area contributed by atoms with Crippen LogP contribution in [0.2, 0.25) is 0 Å². The van der Waals surface area contributed by atoms with Gasteiger partial charge >= 0.3 is 6.18 Å². The molecule has 1 spiro atoms. The molecule has 0 bridgehead atoms. The highest BCUT2D eigenvalue weighted by atomic mass is 19.4. The van der Waals surface area contributed by atoms with Crippen molar-refractivity contribution in [2.75, 3.05) is 26.3 Å². The van der Waals surface area contributed by atoms with Gasteiger partial charge in [0.1, 0.15) is 11.8 Å². The molecule has 4 rings (SSSR count). The Bertz CT molecular complexity index is 1080. The van der Waals surface area contributed by atoms with E-state index in [1.165, 1.54) is 4.90 Å². The molecule has 1 aromatic carbocycles. The summed E-state index contributed by atoms with van der Waals surface area (Å²) >= 11 is 0. The molecule has 174 valence electrons. The molecular formula is C23H20F5N3O2. The molecule has 0 N–H and O–H groups in total. The van der Waals surface area contributed by atoms with Crippen LogP contribution in [-0.4, -0.2) is 42.1 Å². The van der Waals surface area contributed by atoms with Gasteiger partial charge < -0.3 is 9.64 Å². The van der Waals surface area contributed by atoms with Gasteiger partial charge in [0.2, 0.25) is 0 Å². The standard InChI is InChI=1S/C23H20F5N3O2/c24-20(25)19-17(21(32)31-8-5-22(6-9-31)7-10-33-13-22)11-15(12-29)18(30-19)14-1-3-16(4-2-14)23(26,27)28/h1-4,11,20H,5-10,13H2. The van der Waals surface area contributed by atoms with Crippen LogP contribution in [-0.2, 0) is 10.9 Å². The van der Waals surface area contributed by atoms with Crippen molar-refractivity contribution < 1.29 is 31.5 Å². The molecule has 33 heavy (non-hydrogen) atoms. The van der Waals surface area contributed by atoms with Gasteiger partial charge in [-0.3, -0.25) is 4.79 Å². The summed E-state index contributed by atoms with van der Waals surface area (Å²) in [6, 6.07) is 6.59. The topological polar surface area (TPSA) is 66.2 Å².